The first-order valence-electron chi connectivity index (χ1n) is 10.1. The van der Waals surface area contributed by atoms with Crippen LogP contribution in [0.1, 0.15) is 26.7 Å². The number of nitrogens with one attached hydrogen (secondary N) is 2. The van der Waals surface area contributed by atoms with Gasteiger partial charge in [0.1, 0.15) is 5.70 Å². The van der Waals surface area contributed by atoms with Gasteiger partial charge in [0, 0.05) is 35.2 Å². The van der Waals surface area contributed by atoms with Gasteiger partial charge in [0.2, 0.25) is 11.8 Å². The molecule has 4 heterocycles. The number of carboxylic acid groups (broad SMARTS) is 1. The van der Waals surface area contributed by atoms with Crippen LogP contribution in [-0.4, -0.2) is 75.5 Å². The summed E-state index contributed by atoms with van der Waals surface area (Å²) < 4.78 is 0. The number of hydrogen-bond donors (Lipinski definition) is 5. The number of β-lactam (4-membered cyclic amide) rings is 1. The molecule has 3 fully saturated rings. The summed E-state index contributed by atoms with van der Waals surface area (Å²) in [6.07, 6.45) is 0.783. The molecule has 0 aliphatic carbocycles. The monoisotopic (exact) mass is 424 g/mol. The largest absolute Gasteiger partial charge is 0.477 e. The van der Waals surface area contributed by atoms with Gasteiger partial charge in [-0.1, -0.05) is 6.92 Å². The summed E-state index contributed by atoms with van der Waals surface area (Å²) in [6, 6.07) is -0.313. The van der Waals surface area contributed by atoms with Crippen LogP contribution in [0.2, 0.25) is 0 Å². The van der Waals surface area contributed by atoms with Gasteiger partial charge in [0.25, 0.3) is 0 Å². The highest BCUT2D eigenvalue weighted by molar-refractivity contribution is 8.03. The van der Waals surface area contributed by atoms with E-state index in [9.17, 15) is 24.6 Å². The number of aliphatic hydroxyl groups excluding tert-OH is 1. The molecule has 9 nitrogen and oxygen atoms in total. The highest BCUT2D eigenvalue weighted by atomic mass is 32.2. The van der Waals surface area contributed by atoms with Crippen molar-refractivity contribution >= 4 is 29.5 Å². The minimum Gasteiger partial charge on any atom is -0.477 e. The van der Waals surface area contributed by atoms with Gasteiger partial charge in [-0.05, 0) is 25.7 Å². The number of amides is 2. The minimum atomic E-state index is -1.09. The highest BCUT2D eigenvalue weighted by Gasteiger charge is 2.60. The maximum absolute atomic E-state index is 12.4. The second kappa shape index (κ2) is 7.57. The number of aliphatic hydroxyl groups is 1. The quantitative estimate of drug-likeness (QED) is 0.344. The van der Waals surface area contributed by atoms with Crippen molar-refractivity contribution in [1.29, 1.82) is 0 Å². The fourth-order valence-corrected chi connectivity index (χ4v) is 6.82. The molecule has 0 aromatic rings. The van der Waals surface area contributed by atoms with Crippen LogP contribution >= 0.6 is 11.8 Å². The number of carboxylic acids is 1. The van der Waals surface area contributed by atoms with Gasteiger partial charge in [-0.25, -0.2) is 4.79 Å². The van der Waals surface area contributed by atoms with Crippen LogP contribution in [0.15, 0.2) is 10.6 Å². The Labute approximate surface area is 173 Å². The number of thioether (sulfide) groups is 1. The number of primary amides is 1. The molecule has 2 unspecified atom stereocenters. The Morgan fingerprint density at radius 3 is 2.59 bits per heavy atom. The Hall–Kier alpha value is -1.62. The molecule has 0 aromatic heterocycles. The van der Waals surface area contributed by atoms with Crippen LogP contribution in [0, 0.1) is 17.8 Å². The van der Waals surface area contributed by atoms with E-state index in [1.165, 1.54) is 4.90 Å². The van der Waals surface area contributed by atoms with Crippen LogP contribution in [0.3, 0.4) is 0 Å². The number of fused-ring (bicyclic) bond motifs is 1. The van der Waals surface area contributed by atoms with E-state index in [0.717, 1.165) is 24.4 Å². The fourth-order valence-electron chi connectivity index (χ4n) is 5.33. The van der Waals surface area contributed by atoms with E-state index in [2.05, 4.69) is 10.6 Å². The Bertz CT molecular complexity index is 772. The number of nitrogens with zero attached hydrogens (tertiary/aromatic N) is 1. The molecule has 10 heteroatoms. The average Bonchev–Trinajstić information content (AvgIpc) is 3.33. The molecule has 4 rings (SSSR count). The first kappa shape index (κ1) is 20.6. The van der Waals surface area contributed by atoms with Crippen molar-refractivity contribution in [2.75, 3.05) is 13.1 Å². The molecule has 2 amide bonds. The number of carbonyl (C=O) groups is 3. The van der Waals surface area contributed by atoms with Gasteiger partial charge >= 0.3 is 5.97 Å². The summed E-state index contributed by atoms with van der Waals surface area (Å²) in [7, 11) is 0. The standard InChI is InChI=1S/C19H28N4O5S/c1-7-14-13(8(2)24)18(26)23(14)15(19(27)28)16(7)29-10-4-11(22-6-10)9-3-12(17(20)25)21-5-9/h7-14,21-22,24H,3-6H2,1-2H3,(H2,20,25)(H,27,28)/t7-,8-,9?,10+,11+,12?,13-,14-/m1/s1. The number of hydrogen-bond acceptors (Lipinski definition) is 7. The summed E-state index contributed by atoms with van der Waals surface area (Å²) in [4.78, 5) is 37.8. The molecule has 8 atom stereocenters. The van der Waals surface area contributed by atoms with E-state index in [1.54, 1.807) is 18.7 Å². The molecule has 3 saturated heterocycles. The third kappa shape index (κ3) is 3.35. The van der Waals surface area contributed by atoms with Crippen LogP contribution < -0.4 is 16.4 Å². The van der Waals surface area contributed by atoms with Crippen molar-refractivity contribution in [3.63, 3.8) is 0 Å². The van der Waals surface area contributed by atoms with Gasteiger partial charge < -0.3 is 31.5 Å². The van der Waals surface area contributed by atoms with E-state index in [0.29, 0.717) is 12.3 Å². The Kier molecular flexibility index (Phi) is 5.39. The third-order valence-electron chi connectivity index (χ3n) is 6.81. The van der Waals surface area contributed by atoms with E-state index in [4.69, 9.17) is 5.73 Å². The maximum Gasteiger partial charge on any atom is 0.353 e. The average molecular weight is 425 g/mol. The SMILES string of the molecule is C[C@@H](O)[C@H]1C(=O)N2C(C(=O)O)=C(S[C@@H]3CN[C@H](C4CNC(C(N)=O)C4)C3)[C@H](C)[C@H]12. The molecule has 0 radical (unpaired) electrons. The van der Waals surface area contributed by atoms with Gasteiger partial charge in [-0.2, -0.15) is 0 Å². The van der Waals surface area contributed by atoms with Crippen LogP contribution in [0.4, 0.5) is 0 Å². The summed E-state index contributed by atoms with van der Waals surface area (Å²) in [6.45, 7) is 5.01. The van der Waals surface area contributed by atoms with Crippen molar-refractivity contribution in [2.45, 2.75) is 56.2 Å². The van der Waals surface area contributed by atoms with E-state index < -0.39 is 18.0 Å². The number of nitrogens with two attached hydrogens (primary N) is 1. The van der Waals surface area contributed by atoms with E-state index in [1.807, 2.05) is 6.92 Å². The third-order valence-corrected chi connectivity index (χ3v) is 8.32. The molecule has 0 bridgehead atoms. The van der Waals surface area contributed by atoms with E-state index >= 15 is 0 Å². The summed E-state index contributed by atoms with van der Waals surface area (Å²) in [5.41, 5.74) is 5.47. The van der Waals surface area contributed by atoms with Crippen molar-refractivity contribution in [2.24, 2.45) is 23.5 Å². The zero-order valence-electron chi connectivity index (χ0n) is 16.5. The Balaban J connectivity index is 1.45. The van der Waals surface area contributed by atoms with Crippen molar-refractivity contribution in [3.8, 4) is 0 Å². The molecule has 0 spiro atoms. The molecule has 6 N–H and O–H groups in total. The summed E-state index contributed by atoms with van der Waals surface area (Å²) in [5, 5.41) is 26.6. The second-order valence-corrected chi connectivity index (χ2v) is 9.96. The van der Waals surface area contributed by atoms with Crippen molar-refractivity contribution < 1.29 is 24.6 Å². The number of aliphatic carboxylic acids is 1. The Morgan fingerprint density at radius 2 is 2.00 bits per heavy atom. The highest BCUT2D eigenvalue weighted by Crippen LogP contribution is 2.52. The molecule has 29 heavy (non-hydrogen) atoms. The summed E-state index contributed by atoms with van der Waals surface area (Å²) in [5.74, 6) is -2.06. The smallest absolute Gasteiger partial charge is 0.353 e. The maximum atomic E-state index is 12.4. The molecular formula is C19H28N4O5S. The lowest BCUT2D eigenvalue weighted by Gasteiger charge is -2.46. The van der Waals surface area contributed by atoms with Gasteiger partial charge in [0.15, 0.2) is 0 Å². The number of rotatable bonds is 6. The minimum absolute atomic E-state index is 0.0779. The number of carbonyl (C=O) groups excluding carboxylic acids is 2. The van der Waals surface area contributed by atoms with Gasteiger partial charge in [-0.3, -0.25) is 9.59 Å². The second-order valence-electron chi connectivity index (χ2n) is 8.62. The van der Waals surface area contributed by atoms with E-state index in [-0.39, 0.29) is 46.8 Å². The Morgan fingerprint density at radius 1 is 1.28 bits per heavy atom. The van der Waals surface area contributed by atoms with Crippen LogP contribution in [0.5, 0.6) is 0 Å². The zero-order valence-corrected chi connectivity index (χ0v) is 17.3. The lowest BCUT2D eigenvalue weighted by molar-refractivity contribution is -0.163. The van der Waals surface area contributed by atoms with Crippen molar-refractivity contribution in [3.05, 3.63) is 10.6 Å². The lowest BCUT2D eigenvalue weighted by atomic mass is 9.79. The molecule has 4 aliphatic rings. The zero-order chi connectivity index (χ0) is 21.0. The fraction of sp³-hybridized carbons (Fsp3) is 0.737. The molecule has 160 valence electrons. The molecular weight excluding hydrogens is 396 g/mol. The topological polar surface area (TPSA) is 145 Å². The van der Waals surface area contributed by atoms with Crippen LogP contribution in [0.25, 0.3) is 0 Å². The molecule has 4 aliphatic heterocycles. The van der Waals surface area contributed by atoms with Crippen molar-refractivity contribution in [1.82, 2.24) is 15.5 Å². The normalized spacial score (nSPS) is 40.2. The molecule has 0 aromatic carbocycles. The van der Waals surface area contributed by atoms with Crippen LogP contribution in [-0.2, 0) is 14.4 Å². The first-order chi connectivity index (χ1) is 13.7. The van der Waals surface area contributed by atoms with Gasteiger partial charge in [-0.15, -0.1) is 11.8 Å². The predicted molar refractivity (Wildman–Crippen MR) is 107 cm³/mol. The lowest BCUT2D eigenvalue weighted by Crippen LogP contribution is -2.63. The molecule has 0 saturated carbocycles. The predicted octanol–water partition coefficient (Wildman–Crippen LogP) is -0.933. The first-order valence-corrected chi connectivity index (χ1v) is 11.0. The van der Waals surface area contributed by atoms with Gasteiger partial charge in [0.05, 0.1) is 24.1 Å². The summed E-state index contributed by atoms with van der Waals surface area (Å²) >= 11 is 1.54.